The van der Waals surface area contributed by atoms with Gasteiger partial charge in [0.15, 0.2) is 5.82 Å². The first-order chi connectivity index (χ1) is 29.5. The number of benzene rings is 6. The maximum absolute atomic E-state index is 7.18. The standard InChI is InChI=1S/C55H38N4O/c1-55(2)47-20-10-8-18-42(47)45-30-46-44-29-38(25-24-36(44)23-22-35-13-6-7-17-41(35)43-19-9-11-21-52(43)60-53(46)31-48(45)55)50-32-51(59-54(58-50)37-14-4-3-5-15-37)40-26-27-49(57-34-40)39-16-12-28-56-33-39/h3-34H,1-2H3/b23-22-. The van der Waals surface area contributed by atoms with E-state index in [-0.39, 0.29) is 5.41 Å². The van der Waals surface area contributed by atoms with Gasteiger partial charge >= 0.3 is 0 Å². The molecule has 0 atom stereocenters. The van der Waals surface area contributed by atoms with Crippen molar-refractivity contribution in [2.75, 3.05) is 0 Å². The van der Waals surface area contributed by atoms with E-state index in [1.54, 1.807) is 6.20 Å². The van der Waals surface area contributed by atoms with E-state index in [1.807, 2.05) is 48.8 Å². The third-order valence-electron chi connectivity index (χ3n) is 11.9. The molecule has 0 bridgehead atoms. The van der Waals surface area contributed by atoms with Crippen LogP contribution in [-0.4, -0.2) is 19.9 Å². The van der Waals surface area contributed by atoms with Crippen molar-refractivity contribution < 1.29 is 4.74 Å². The molecule has 284 valence electrons. The molecule has 3 aromatic heterocycles. The molecular formula is C55H38N4O. The van der Waals surface area contributed by atoms with Gasteiger partial charge in [-0.3, -0.25) is 9.97 Å². The van der Waals surface area contributed by atoms with Crippen LogP contribution in [0.15, 0.2) is 182 Å². The highest BCUT2D eigenvalue weighted by molar-refractivity contribution is 5.94. The van der Waals surface area contributed by atoms with Crippen molar-refractivity contribution in [1.29, 1.82) is 0 Å². The molecule has 0 saturated carbocycles. The zero-order valence-corrected chi connectivity index (χ0v) is 33.2. The Labute approximate surface area is 349 Å². The second-order valence-corrected chi connectivity index (χ2v) is 15.9. The summed E-state index contributed by atoms with van der Waals surface area (Å²) in [5.41, 5.74) is 17.5. The molecule has 6 aromatic carbocycles. The zero-order valence-electron chi connectivity index (χ0n) is 33.2. The number of fused-ring (bicyclic) bond motifs is 9. The van der Waals surface area contributed by atoms with Gasteiger partial charge in [-0.15, -0.1) is 0 Å². The fourth-order valence-corrected chi connectivity index (χ4v) is 8.77. The third-order valence-corrected chi connectivity index (χ3v) is 11.9. The van der Waals surface area contributed by atoms with Crippen LogP contribution < -0.4 is 4.74 Å². The van der Waals surface area contributed by atoms with Crippen LogP contribution in [-0.2, 0) is 5.41 Å². The summed E-state index contributed by atoms with van der Waals surface area (Å²) in [7, 11) is 0. The van der Waals surface area contributed by atoms with E-state index in [0.717, 1.165) is 84.2 Å². The van der Waals surface area contributed by atoms with Crippen LogP contribution in [0.2, 0.25) is 0 Å². The van der Waals surface area contributed by atoms with Crippen LogP contribution in [0.1, 0.15) is 36.1 Å². The van der Waals surface area contributed by atoms with E-state index >= 15 is 0 Å². The van der Waals surface area contributed by atoms with E-state index in [4.69, 9.17) is 19.7 Å². The van der Waals surface area contributed by atoms with Crippen molar-refractivity contribution in [3.8, 4) is 90.0 Å². The fraction of sp³-hybridized carbons (Fsp3) is 0.0545. The average Bonchev–Trinajstić information content (AvgIpc) is 3.52. The molecule has 0 spiro atoms. The highest BCUT2D eigenvalue weighted by atomic mass is 16.5. The molecule has 11 rings (SSSR count). The monoisotopic (exact) mass is 770 g/mol. The molecule has 60 heavy (non-hydrogen) atoms. The Bertz CT molecular complexity index is 3130. The largest absolute Gasteiger partial charge is 0.456 e. The van der Waals surface area contributed by atoms with Crippen LogP contribution in [0.4, 0.5) is 0 Å². The van der Waals surface area contributed by atoms with Crippen molar-refractivity contribution in [3.63, 3.8) is 0 Å². The van der Waals surface area contributed by atoms with Crippen molar-refractivity contribution in [2.24, 2.45) is 0 Å². The summed E-state index contributed by atoms with van der Waals surface area (Å²) in [5, 5.41) is 0. The molecule has 0 amide bonds. The Morgan fingerprint density at radius 2 is 1.10 bits per heavy atom. The summed E-state index contributed by atoms with van der Waals surface area (Å²) in [5.74, 6) is 2.26. The normalized spacial score (nSPS) is 13.6. The first-order valence-corrected chi connectivity index (χ1v) is 20.3. The second kappa shape index (κ2) is 14.3. The summed E-state index contributed by atoms with van der Waals surface area (Å²) < 4.78 is 7.18. The molecule has 1 aliphatic heterocycles. The lowest BCUT2D eigenvalue weighted by atomic mass is 9.81. The van der Waals surface area contributed by atoms with Gasteiger partial charge in [0.05, 0.1) is 17.1 Å². The van der Waals surface area contributed by atoms with E-state index < -0.39 is 0 Å². The van der Waals surface area contributed by atoms with Crippen LogP contribution in [0, 0.1) is 0 Å². The SMILES string of the molecule is CC1(C)c2ccccc2-c2cc3c(cc21)Oc1ccccc1-c1ccccc1/C=C\c1ccc(-c2cc(-c4ccc(-c5cccnc5)nc4)nc(-c4ccccc4)n2)cc1-3. The third kappa shape index (κ3) is 6.11. The molecule has 0 unspecified atom stereocenters. The van der Waals surface area contributed by atoms with E-state index in [9.17, 15) is 0 Å². The van der Waals surface area contributed by atoms with Gasteiger partial charge in [-0.05, 0) is 99.1 Å². The minimum absolute atomic E-state index is 0.205. The lowest BCUT2D eigenvalue weighted by molar-refractivity contribution is 0.484. The van der Waals surface area contributed by atoms with Crippen LogP contribution in [0.25, 0.3) is 90.7 Å². The minimum Gasteiger partial charge on any atom is -0.456 e. The van der Waals surface area contributed by atoms with Crippen molar-refractivity contribution in [1.82, 2.24) is 19.9 Å². The molecular weight excluding hydrogens is 733 g/mol. The van der Waals surface area contributed by atoms with E-state index in [0.29, 0.717) is 5.82 Å². The van der Waals surface area contributed by atoms with Gasteiger partial charge in [0.2, 0.25) is 0 Å². The van der Waals surface area contributed by atoms with Crippen molar-refractivity contribution in [2.45, 2.75) is 19.3 Å². The summed E-state index contributed by atoms with van der Waals surface area (Å²) in [6.45, 7) is 4.63. The molecule has 0 saturated heterocycles. The maximum Gasteiger partial charge on any atom is 0.160 e. The number of para-hydroxylation sites is 1. The lowest BCUT2D eigenvalue weighted by Gasteiger charge is -2.23. The quantitative estimate of drug-likeness (QED) is 0.178. The minimum atomic E-state index is -0.205. The Balaban J connectivity index is 1.13. The van der Waals surface area contributed by atoms with Gasteiger partial charge in [-0.1, -0.05) is 135 Å². The molecule has 0 fully saturated rings. The first-order valence-electron chi connectivity index (χ1n) is 20.3. The van der Waals surface area contributed by atoms with E-state index in [2.05, 4.69) is 158 Å². The molecule has 0 N–H and O–H groups in total. The van der Waals surface area contributed by atoms with Gasteiger partial charge in [-0.2, -0.15) is 0 Å². The molecule has 5 nitrogen and oxygen atoms in total. The van der Waals surface area contributed by atoms with Crippen molar-refractivity contribution >= 4 is 12.2 Å². The van der Waals surface area contributed by atoms with Crippen LogP contribution >= 0.6 is 0 Å². The molecule has 5 heteroatoms. The molecule has 1 aliphatic carbocycles. The predicted octanol–water partition coefficient (Wildman–Crippen LogP) is 13.9. The summed E-state index contributed by atoms with van der Waals surface area (Å²) in [4.78, 5) is 19.4. The fourth-order valence-electron chi connectivity index (χ4n) is 8.77. The Kier molecular flexibility index (Phi) is 8.41. The zero-order chi connectivity index (χ0) is 40.2. The Hall–Kier alpha value is -7.76. The van der Waals surface area contributed by atoms with Crippen molar-refractivity contribution in [3.05, 3.63) is 205 Å². The van der Waals surface area contributed by atoms with Crippen LogP contribution in [0.5, 0.6) is 11.5 Å². The lowest BCUT2D eigenvalue weighted by Crippen LogP contribution is -2.15. The number of nitrogens with zero attached hydrogens (tertiary/aromatic N) is 4. The molecule has 0 radical (unpaired) electrons. The number of ether oxygens (including phenoxy) is 1. The first kappa shape index (κ1) is 35.4. The molecule has 2 aliphatic rings. The molecule has 9 aromatic rings. The number of pyridine rings is 2. The number of hydrogen-bond acceptors (Lipinski definition) is 5. The average molecular weight is 771 g/mol. The highest BCUT2D eigenvalue weighted by Gasteiger charge is 2.37. The number of aromatic nitrogens is 4. The number of hydrogen-bond donors (Lipinski definition) is 0. The maximum atomic E-state index is 7.18. The number of rotatable bonds is 4. The smallest absolute Gasteiger partial charge is 0.160 e. The Morgan fingerprint density at radius 3 is 1.90 bits per heavy atom. The summed E-state index contributed by atoms with van der Waals surface area (Å²) in [6.07, 6.45) is 9.93. The molecule has 4 heterocycles. The topological polar surface area (TPSA) is 60.8 Å². The van der Waals surface area contributed by atoms with E-state index in [1.165, 1.54) is 22.3 Å². The van der Waals surface area contributed by atoms with Gasteiger partial charge < -0.3 is 4.74 Å². The second-order valence-electron chi connectivity index (χ2n) is 15.9. The predicted molar refractivity (Wildman–Crippen MR) is 243 cm³/mol. The van der Waals surface area contributed by atoms with Gasteiger partial charge in [0.25, 0.3) is 0 Å². The summed E-state index contributed by atoms with van der Waals surface area (Å²) >= 11 is 0. The Morgan fingerprint density at radius 1 is 0.417 bits per heavy atom. The van der Waals surface area contributed by atoms with Gasteiger partial charge in [-0.25, -0.2) is 9.97 Å². The highest BCUT2D eigenvalue weighted by Crippen LogP contribution is 2.53. The van der Waals surface area contributed by atoms with Gasteiger partial charge in [0, 0.05) is 57.4 Å². The summed E-state index contributed by atoms with van der Waals surface area (Å²) in [6, 6.07) is 57.2. The van der Waals surface area contributed by atoms with Gasteiger partial charge in [0.1, 0.15) is 11.5 Å². The van der Waals surface area contributed by atoms with Crippen LogP contribution in [0.3, 0.4) is 0 Å².